The number of aromatic hydroxyl groups is 1. The van der Waals surface area contributed by atoms with Crippen molar-refractivity contribution in [1.82, 2.24) is 14.5 Å². The number of para-hydroxylation sites is 1. The third kappa shape index (κ3) is 10.4. The summed E-state index contributed by atoms with van der Waals surface area (Å²) in [4.78, 5) is 9.85. The smallest absolute Gasteiger partial charge is 0.148 e. The fourth-order valence-corrected chi connectivity index (χ4v) is 8.80. The van der Waals surface area contributed by atoms with Crippen LogP contribution in [-0.2, 0) is 31.9 Å². The van der Waals surface area contributed by atoms with Gasteiger partial charge in [-0.25, -0.2) is 4.98 Å². The van der Waals surface area contributed by atoms with Crippen LogP contribution in [0.2, 0.25) is 0 Å². The molecule has 0 radical (unpaired) electrons. The Morgan fingerprint density at radius 3 is 1.93 bits per heavy atom. The predicted molar refractivity (Wildman–Crippen MR) is 296 cm³/mol. The molecular formula is C66H68N3OPt-. The molecule has 0 bridgehead atoms. The maximum atomic E-state index is 13.1. The number of phenols is 1. The van der Waals surface area contributed by atoms with Crippen molar-refractivity contribution in [2.75, 3.05) is 0 Å². The molecule has 1 N–H and O–H groups in total. The number of benzene rings is 7. The Morgan fingerprint density at radius 2 is 1.24 bits per heavy atom. The molecule has 4 nitrogen and oxygen atoms in total. The van der Waals surface area contributed by atoms with Gasteiger partial charge in [0.2, 0.25) is 0 Å². The van der Waals surface area contributed by atoms with Crippen LogP contribution in [0, 0.1) is 12.9 Å². The number of hydrogen-bond donors (Lipinski definition) is 1. The number of nitrogens with zero attached hydrogens (tertiary/aromatic N) is 3. The molecule has 0 aliphatic rings. The second-order valence-corrected chi connectivity index (χ2v) is 18.7. The minimum Gasteiger partial charge on any atom is -0.507 e. The van der Waals surface area contributed by atoms with Gasteiger partial charge in [0.05, 0.1) is 22.3 Å². The van der Waals surface area contributed by atoms with Crippen LogP contribution in [0.4, 0.5) is 0 Å². The van der Waals surface area contributed by atoms with Crippen molar-refractivity contribution in [3.05, 3.63) is 191 Å². The van der Waals surface area contributed by atoms with E-state index in [0.717, 1.165) is 27.8 Å². The largest absolute Gasteiger partial charge is 0.507 e. The van der Waals surface area contributed by atoms with Crippen molar-refractivity contribution in [3.8, 4) is 78.6 Å². The van der Waals surface area contributed by atoms with Crippen LogP contribution < -0.4 is 0 Å². The Bertz CT molecular complexity index is 4220. The van der Waals surface area contributed by atoms with E-state index in [9.17, 15) is 9.22 Å². The Hall–Kier alpha value is -6.35. The van der Waals surface area contributed by atoms with Gasteiger partial charge in [0.15, 0.2) is 0 Å². The van der Waals surface area contributed by atoms with Gasteiger partial charge in [-0.2, -0.15) is 0 Å². The van der Waals surface area contributed by atoms with Gasteiger partial charge in [-0.3, -0.25) is 9.55 Å². The summed E-state index contributed by atoms with van der Waals surface area (Å²) < 4.78 is 205. The number of imidazole rings is 1. The molecule has 0 unspecified atom stereocenters. The molecule has 0 saturated carbocycles. The van der Waals surface area contributed by atoms with Crippen LogP contribution in [0.1, 0.15) is 165 Å². The van der Waals surface area contributed by atoms with Crippen LogP contribution in [0.5, 0.6) is 5.75 Å². The molecule has 0 saturated heterocycles. The quantitative estimate of drug-likeness (QED) is 0.139. The Balaban J connectivity index is 0.0000113. The van der Waals surface area contributed by atoms with Gasteiger partial charge in [-0.1, -0.05) is 202 Å². The van der Waals surface area contributed by atoms with E-state index in [1.54, 1.807) is 64.2 Å². The number of fused-ring (bicyclic) bond motifs is 1. The number of phenolic OH excluding ortho intramolecular Hbond substituents is 1. The molecule has 9 rings (SSSR count). The van der Waals surface area contributed by atoms with Gasteiger partial charge >= 0.3 is 0 Å². The zero-order valence-corrected chi connectivity index (χ0v) is 42.4. The van der Waals surface area contributed by atoms with Gasteiger partial charge < -0.3 is 5.11 Å². The van der Waals surface area contributed by atoms with E-state index >= 15 is 0 Å². The summed E-state index contributed by atoms with van der Waals surface area (Å²) in [7, 11) is 0. The van der Waals surface area contributed by atoms with E-state index in [2.05, 4.69) is 6.07 Å². The molecule has 364 valence electrons. The standard InChI is InChI=1S/C66H68N3O.Pt/c1-40(2)44-22-24-46(25-23-44)48-28-29-67-59(37-48)54-35-51(45-18-15-14-16-19-45)34-53(36-54)56-20-17-21-61-62(56)68-64(57-38-55(65(8,9)10)39-58(63(57)70)66(11,12)13)69(61)60-27-26-47(30-43(60)7)52-32-49(41(3)4)31-50(33-52)42(5)6;/h14-35,37-42,70H,1-13H3;/q-1;/i7D3,8D3,9D3,10D3,11D3,12D3,13D3,40D,41D;. The van der Waals surface area contributed by atoms with E-state index in [1.165, 1.54) is 22.8 Å². The number of aromatic nitrogens is 3. The summed E-state index contributed by atoms with van der Waals surface area (Å²) in [6.07, 6.45) is 1.63. The van der Waals surface area contributed by atoms with Crippen molar-refractivity contribution in [2.24, 2.45) is 0 Å². The van der Waals surface area contributed by atoms with E-state index in [0.29, 0.717) is 45.1 Å². The third-order valence-corrected chi connectivity index (χ3v) is 12.7. The van der Waals surface area contributed by atoms with Crippen LogP contribution in [0.3, 0.4) is 0 Å². The Kier molecular flexibility index (Phi) is 8.25. The molecular weight excluding hydrogens is 1050 g/mol. The van der Waals surface area contributed by atoms with Gasteiger partial charge in [0, 0.05) is 70.0 Å². The average molecular weight is 1140 g/mol. The summed E-state index contributed by atoms with van der Waals surface area (Å²) in [5.41, 5.74) is -5.67. The number of hydrogen-bond acceptors (Lipinski definition) is 3. The molecule has 2 aromatic heterocycles. The molecule has 7 aromatic carbocycles. The van der Waals surface area contributed by atoms with Gasteiger partial charge in [0.25, 0.3) is 0 Å². The van der Waals surface area contributed by atoms with E-state index in [-0.39, 0.29) is 55.3 Å². The first-order valence-corrected chi connectivity index (χ1v) is 23.0. The molecule has 0 fully saturated rings. The first kappa shape index (κ1) is 29.2. The Labute approximate surface area is 469 Å². The van der Waals surface area contributed by atoms with Gasteiger partial charge in [0.1, 0.15) is 11.6 Å². The summed E-state index contributed by atoms with van der Waals surface area (Å²) >= 11 is 0. The fraction of sp³-hybridized carbons (Fsp3) is 0.273. The zero-order valence-electron chi connectivity index (χ0n) is 63.1. The first-order valence-electron chi connectivity index (χ1n) is 34.5. The second kappa shape index (κ2) is 20.0. The number of rotatable bonds is 10. The molecule has 0 atom stereocenters. The number of aryl methyl sites for hydroxylation is 1. The minimum absolute atomic E-state index is 0. The topological polar surface area (TPSA) is 50.9 Å². The number of pyridine rings is 1. The molecule has 9 aromatic rings. The molecule has 0 spiro atoms. The normalized spacial score (nSPS) is 18.4. The van der Waals surface area contributed by atoms with Crippen LogP contribution >= 0.6 is 0 Å². The van der Waals surface area contributed by atoms with Crippen LogP contribution in [0.25, 0.3) is 83.9 Å². The molecule has 71 heavy (non-hydrogen) atoms. The summed E-state index contributed by atoms with van der Waals surface area (Å²) in [5, 5.41) is 13.1. The SMILES string of the molecule is [2H]C([2H])([2H])c1cc(-c2cc(C(C)C)cc(C([2H])(C)C)c2)ccc1-n1c(-c2cc(C(C([2H])([2H])[2H])(C([2H])([2H])[2H])C([2H])([2H])[2H])cc(C(C([2H])([2H])[2H])(C([2H])([2H])[2H])C([2H])([2H])[2H])c2O)nc2c(-c3[c-]c(-c4cc(-c5ccc(C([2H])(C)C)cc5)ccn4)cc(-c4ccccc4)c3)cccc21.[Pt]. The fourth-order valence-electron chi connectivity index (χ4n) is 8.80. The van der Waals surface area contributed by atoms with Gasteiger partial charge in [-0.05, 0) is 121 Å². The predicted octanol–water partition coefficient (Wildman–Crippen LogP) is 18.2. The third-order valence-electron chi connectivity index (χ3n) is 12.7. The summed E-state index contributed by atoms with van der Waals surface area (Å²) in [6.45, 7) is -17.4. The van der Waals surface area contributed by atoms with Crippen molar-refractivity contribution in [1.29, 1.82) is 0 Å². The maximum absolute atomic E-state index is 13.1. The van der Waals surface area contributed by atoms with E-state index in [1.807, 2.05) is 98.8 Å². The van der Waals surface area contributed by atoms with Gasteiger partial charge in [-0.15, -0.1) is 23.8 Å². The van der Waals surface area contributed by atoms with E-state index < -0.39 is 104 Å². The molecule has 0 aliphatic carbocycles. The molecule has 5 heteroatoms. The van der Waals surface area contributed by atoms with Crippen LogP contribution in [-0.4, -0.2) is 19.6 Å². The van der Waals surface area contributed by atoms with Crippen molar-refractivity contribution >= 4 is 11.0 Å². The first-order chi connectivity index (χ1) is 42.6. The monoisotopic (exact) mass is 1140 g/mol. The van der Waals surface area contributed by atoms with Crippen molar-refractivity contribution in [3.63, 3.8) is 0 Å². The molecule has 0 aliphatic heterocycles. The average Bonchev–Trinajstić information content (AvgIpc) is 0.797. The van der Waals surface area contributed by atoms with Crippen LogP contribution in [0.15, 0.2) is 152 Å². The molecule has 0 amide bonds. The second-order valence-electron chi connectivity index (χ2n) is 18.7. The maximum Gasteiger partial charge on any atom is 0.148 e. The zero-order chi connectivity index (χ0) is 69.2. The summed E-state index contributed by atoms with van der Waals surface area (Å²) in [6, 6.07) is 42.9. The minimum atomic E-state index is -4.27. The van der Waals surface area contributed by atoms with Crippen molar-refractivity contribution < 1.29 is 57.7 Å². The van der Waals surface area contributed by atoms with E-state index in [4.69, 9.17) is 37.4 Å². The Morgan fingerprint density at radius 1 is 0.577 bits per heavy atom. The van der Waals surface area contributed by atoms with Crippen molar-refractivity contribution in [2.45, 2.75) is 118 Å². The molecule has 2 heterocycles. The summed E-state index contributed by atoms with van der Waals surface area (Å²) in [5.74, 6) is -4.26.